The van der Waals surface area contributed by atoms with Crippen molar-refractivity contribution in [3.8, 4) is 5.75 Å². The van der Waals surface area contributed by atoms with E-state index in [1.807, 2.05) is 0 Å². The number of hydrogen-bond donors (Lipinski definition) is 2. The number of nitrogens with zero attached hydrogens (tertiary/aromatic N) is 1. The third-order valence-corrected chi connectivity index (χ3v) is 3.77. The molecule has 7 nitrogen and oxygen atoms in total. The molecule has 0 aromatic heterocycles. The second kappa shape index (κ2) is 6.64. The predicted molar refractivity (Wildman–Crippen MR) is 94.0 cm³/mol. The molecule has 3 rings (SSSR count). The van der Waals surface area contributed by atoms with Gasteiger partial charge in [-0.2, -0.15) is 0 Å². The molecular formula is C18H17N3O4. The minimum atomic E-state index is -0.292. The highest BCUT2D eigenvalue weighted by atomic mass is 16.5. The molecule has 0 spiro atoms. The van der Waals surface area contributed by atoms with E-state index in [9.17, 15) is 14.4 Å². The second-order valence-corrected chi connectivity index (χ2v) is 5.64. The van der Waals surface area contributed by atoms with Gasteiger partial charge in [-0.25, -0.2) is 0 Å². The smallest absolute Gasteiger partial charge is 0.264 e. The van der Waals surface area contributed by atoms with E-state index >= 15 is 0 Å². The maximum Gasteiger partial charge on any atom is 0.264 e. The first-order chi connectivity index (χ1) is 11.9. The molecule has 0 bridgehead atoms. The monoisotopic (exact) mass is 339 g/mol. The van der Waals surface area contributed by atoms with Gasteiger partial charge in [-0.3, -0.25) is 14.4 Å². The summed E-state index contributed by atoms with van der Waals surface area (Å²) in [6.45, 7) is 1.43. The molecule has 2 N–H and O–H groups in total. The van der Waals surface area contributed by atoms with E-state index in [1.54, 1.807) is 49.5 Å². The molecule has 1 heterocycles. The van der Waals surface area contributed by atoms with Gasteiger partial charge in [0.15, 0.2) is 6.61 Å². The lowest BCUT2D eigenvalue weighted by Crippen LogP contribution is -2.35. The zero-order valence-corrected chi connectivity index (χ0v) is 13.8. The van der Waals surface area contributed by atoms with Crippen LogP contribution in [0.5, 0.6) is 5.75 Å². The first-order valence-electron chi connectivity index (χ1n) is 7.66. The first-order valence-corrected chi connectivity index (χ1v) is 7.66. The summed E-state index contributed by atoms with van der Waals surface area (Å²) in [5.74, 6) is -0.0172. The number of anilines is 3. The maximum atomic E-state index is 12.4. The van der Waals surface area contributed by atoms with Crippen molar-refractivity contribution in [2.24, 2.45) is 0 Å². The van der Waals surface area contributed by atoms with Crippen molar-refractivity contribution in [3.05, 3.63) is 48.0 Å². The van der Waals surface area contributed by atoms with Crippen molar-refractivity contribution in [3.63, 3.8) is 0 Å². The minimum absolute atomic E-state index is 0.00977. The Kier molecular flexibility index (Phi) is 4.38. The highest BCUT2D eigenvalue weighted by Gasteiger charge is 2.22. The summed E-state index contributed by atoms with van der Waals surface area (Å²) >= 11 is 0. The van der Waals surface area contributed by atoms with Gasteiger partial charge in [0, 0.05) is 30.9 Å². The van der Waals surface area contributed by atoms with Crippen LogP contribution in [0, 0.1) is 0 Å². The fourth-order valence-electron chi connectivity index (χ4n) is 2.46. The molecule has 1 aliphatic heterocycles. The summed E-state index contributed by atoms with van der Waals surface area (Å²) in [6.07, 6.45) is 0. The lowest BCUT2D eigenvalue weighted by atomic mass is 10.1. The van der Waals surface area contributed by atoms with E-state index in [1.165, 1.54) is 11.8 Å². The molecule has 0 radical (unpaired) electrons. The summed E-state index contributed by atoms with van der Waals surface area (Å²) in [6, 6.07) is 11.7. The van der Waals surface area contributed by atoms with Crippen molar-refractivity contribution in [2.75, 3.05) is 29.2 Å². The van der Waals surface area contributed by atoms with E-state index in [-0.39, 0.29) is 24.3 Å². The third kappa shape index (κ3) is 3.60. The van der Waals surface area contributed by atoms with Crippen LogP contribution in [0.2, 0.25) is 0 Å². The highest BCUT2D eigenvalue weighted by Crippen LogP contribution is 2.33. The third-order valence-electron chi connectivity index (χ3n) is 3.77. The van der Waals surface area contributed by atoms with Gasteiger partial charge in [0.05, 0.1) is 5.69 Å². The molecule has 1 aliphatic rings. The van der Waals surface area contributed by atoms with Gasteiger partial charge in [-0.15, -0.1) is 0 Å². The van der Waals surface area contributed by atoms with Crippen LogP contribution in [-0.2, 0) is 9.59 Å². The molecule has 128 valence electrons. The van der Waals surface area contributed by atoms with Crippen molar-refractivity contribution in [2.45, 2.75) is 6.92 Å². The van der Waals surface area contributed by atoms with Crippen LogP contribution in [0.4, 0.5) is 17.1 Å². The predicted octanol–water partition coefficient (Wildman–Crippen LogP) is 2.25. The van der Waals surface area contributed by atoms with Gasteiger partial charge in [-0.1, -0.05) is 0 Å². The fourth-order valence-corrected chi connectivity index (χ4v) is 2.46. The van der Waals surface area contributed by atoms with Gasteiger partial charge >= 0.3 is 0 Å². The SMILES string of the molecule is CC(=O)Nc1ccc(C(=O)Nc2ccc3c(c2)N(C)C(=O)CO3)cc1. The van der Waals surface area contributed by atoms with Crippen LogP contribution in [-0.4, -0.2) is 31.4 Å². The molecular weight excluding hydrogens is 322 g/mol. The topological polar surface area (TPSA) is 87.7 Å². The van der Waals surface area contributed by atoms with Crippen LogP contribution in [0.15, 0.2) is 42.5 Å². The van der Waals surface area contributed by atoms with E-state index in [4.69, 9.17) is 4.74 Å². The number of amides is 3. The molecule has 2 aromatic rings. The van der Waals surface area contributed by atoms with Crippen LogP contribution in [0.3, 0.4) is 0 Å². The zero-order chi connectivity index (χ0) is 18.0. The molecule has 7 heteroatoms. The Morgan fingerprint density at radius 2 is 1.72 bits per heavy atom. The first kappa shape index (κ1) is 16.5. The average molecular weight is 339 g/mol. The normalized spacial score (nSPS) is 12.9. The van der Waals surface area contributed by atoms with Crippen molar-refractivity contribution >= 4 is 34.8 Å². The van der Waals surface area contributed by atoms with Crippen LogP contribution in [0.1, 0.15) is 17.3 Å². The number of rotatable bonds is 3. The van der Waals surface area contributed by atoms with E-state index in [2.05, 4.69) is 10.6 Å². The number of carbonyl (C=O) groups excluding carboxylic acids is 3. The lowest BCUT2D eigenvalue weighted by molar-refractivity contribution is -0.121. The fraction of sp³-hybridized carbons (Fsp3) is 0.167. The number of likely N-dealkylation sites (N-methyl/N-ethyl adjacent to an activating group) is 1. The molecule has 0 saturated heterocycles. The van der Waals surface area contributed by atoms with Gasteiger partial charge < -0.3 is 20.3 Å². The Labute approximate surface area is 144 Å². The van der Waals surface area contributed by atoms with Gasteiger partial charge in [0.1, 0.15) is 5.75 Å². The molecule has 0 aliphatic carbocycles. The van der Waals surface area contributed by atoms with Gasteiger partial charge in [0.2, 0.25) is 5.91 Å². The summed E-state index contributed by atoms with van der Waals surface area (Å²) in [5, 5.41) is 5.43. The molecule has 3 amide bonds. The molecule has 0 fully saturated rings. The lowest BCUT2D eigenvalue weighted by Gasteiger charge is -2.26. The van der Waals surface area contributed by atoms with Gasteiger partial charge in [0.25, 0.3) is 11.8 Å². The Balaban J connectivity index is 1.75. The van der Waals surface area contributed by atoms with E-state index in [0.29, 0.717) is 28.4 Å². The van der Waals surface area contributed by atoms with Crippen LogP contribution in [0.25, 0.3) is 0 Å². The van der Waals surface area contributed by atoms with Crippen LogP contribution < -0.4 is 20.3 Å². The molecule has 2 aromatic carbocycles. The van der Waals surface area contributed by atoms with Gasteiger partial charge in [-0.05, 0) is 42.5 Å². The summed E-state index contributed by atoms with van der Waals surface area (Å²) < 4.78 is 5.36. The van der Waals surface area contributed by atoms with Crippen molar-refractivity contribution < 1.29 is 19.1 Å². The molecule has 0 atom stereocenters. The summed E-state index contributed by atoms with van der Waals surface area (Å²) in [7, 11) is 1.66. The van der Waals surface area contributed by atoms with E-state index < -0.39 is 0 Å². The standard InChI is InChI=1S/C18H17N3O4/c1-11(22)19-13-5-3-12(4-6-13)18(24)20-14-7-8-16-15(9-14)21(2)17(23)10-25-16/h3-9H,10H2,1-2H3,(H,19,22)(H,20,24). The minimum Gasteiger partial charge on any atom is -0.482 e. The quantitative estimate of drug-likeness (QED) is 0.898. The number of fused-ring (bicyclic) bond motifs is 1. The number of nitrogens with one attached hydrogen (secondary N) is 2. The number of benzene rings is 2. The largest absolute Gasteiger partial charge is 0.482 e. The number of hydrogen-bond acceptors (Lipinski definition) is 4. The van der Waals surface area contributed by atoms with Crippen LogP contribution >= 0.6 is 0 Å². The Bertz CT molecular complexity index is 846. The second-order valence-electron chi connectivity index (χ2n) is 5.64. The summed E-state index contributed by atoms with van der Waals surface area (Å²) in [5.41, 5.74) is 2.23. The van der Waals surface area contributed by atoms with Crippen molar-refractivity contribution in [1.82, 2.24) is 0 Å². The number of ether oxygens (including phenoxy) is 1. The Morgan fingerprint density at radius 3 is 2.40 bits per heavy atom. The molecule has 0 unspecified atom stereocenters. The van der Waals surface area contributed by atoms with E-state index in [0.717, 1.165) is 0 Å². The summed E-state index contributed by atoms with van der Waals surface area (Å²) in [4.78, 5) is 36.6. The Morgan fingerprint density at radius 1 is 1.04 bits per heavy atom. The highest BCUT2D eigenvalue weighted by molar-refractivity contribution is 6.05. The van der Waals surface area contributed by atoms with Crippen molar-refractivity contribution in [1.29, 1.82) is 0 Å². The average Bonchev–Trinajstić information content (AvgIpc) is 2.58. The zero-order valence-electron chi connectivity index (χ0n) is 13.8. The number of carbonyl (C=O) groups is 3. The molecule has 25 heavy (non-hydrogen) atoms. The molecule has 0 saturated carbocycles. The Hall–Kier alpha value is -3.35. The maximum absolute atomic E-state index is 12.4.